The quantitative estimate of drug-likeness (QED) is 0.164. The van der Waals surface area contributed by atoms with Crippen molar-refractivity contribution in [3.63, 3.8) is 0 Å². The SMILES string of the molecule is C[C@]1(COC(=O)NCc2ccncc2)[C@H](C(=O)OC(c2ccccc2)c2ccccc2)N2C(=O)/C(=C/c3ccccn3)[C@H]2S1(=O)=O. The number of β-lactam (4-membered cyclic amide) rings is 1. The number of rotatable bonds is 9. The van der Waals surface area contributed by atoms with E-state index in [0.29, 0.717) is 16.8 Å². The van der Waals surface area contributed by atoms with E-state index in [9.17, 15) is 22.8 Å². The molecule has 0 radical (unpaired) electrons. The van der Waals surface area contributed by atoms with E-state index in [2.05, 4.69) is 15.3 Å². The van der Waals surface area contributed by atoms with Crippen molar-refractivity contribution in [2.45, 2.75) is 35.7 Å². The minimum Gasteiger partial charge on any atom is -0.451 e. The Morgan fingerprint density at radius 1 is 0.935 bits per heavy atom. The third-order valence-corrected chi connectivity index (χ3v) is 10.8. The predicted molar refractivity (Wildman–Crippen MR) is 167 cm³/mol. The zero-order valence-electron chi connectivity index (χ0n) is 24.7. The van der Waals surface area contributed by atoms with Crippen molar-refractivity contribution in [1.82, 2.24) is 20.2 Å². The number of sulfone groups is 1. The van der Waals surface area contributed by atoms with Crippen LogP contribution in [0.5, 0.6) is 0 Å². The van der Waals surface area contributed by atoms with Gasteiger partial charge in [0.1, 0.15) is 11.4 Å². The minimum atomic E-state index is -4.36. The van der Waals surface area contributed by atoms with E-state index in [1.807, 2.05) is 12.1 Å². The molecule has 6 rings (SSSR count). The van der Waals surface area contributed by atoms with Crippen LogP contribution in [0, 0.1) is 0 Å². The van der Waals surface area contributed by atoms with Crippen molar-refractivity contribution < 1.29 is 32.3 Å². The number of nitrogens with one attached hydrogen (secondary N) is 1. The number of hydrogen-bond donors (Lipinski definition) is 1. The molecule has 4 aromatic rings. The van der Waals surface area contributed by atoms with Crippen molar-refractivity contribution in [2.24, 2.45) is 0 Å². The largest absolute Gasteiger partial charge is 0.451 e. The highest BCUT2D eigenvalue weighted by atomic mass is 32.2. The number of ether oxygens (including phenoxy) is 2. The summed E-state index contributed by atoms with van der Waals surface area (Å²) in [7, 11) is -4.36. The first-order chi connectivity index (χ1) is 22.2. The molecule has 2 aliphatic rings. The molecule has 2 amide bonds. The molecule has 0 spiro atoms. The number of esters is 1. The van der Waals surface area contributed by atoms with E-state index in [4.69, 9.17) is 9.47 Å². The first-order valence-electron chi connectivity index (χ1n) is 14.5. The van der Waals surface area contributed by atoms with E-state index in [1.165, 1.54) is 19.2 Å². The van der Waals surface area contributed by atoms with Gasteiger partial charge in [-0.15, -0.1) is 0 Å². The van der Waals surface area contributed by atoms with Gasteiger partial charge in [-0.3, -0.25) is 14.8 Å². The number of carbonyl (C=O) groups is 3. The van der Waals surface area contributed by atoms with Crippen LogP contribution in [0.4, 0.5) is 4.79 Å². The molecule has 2 aliphatic heterocycles. The fourth-order valence-corrected chi connectivity index (χ4v) is 7.97. The second-order valence-corrected chi connectivity index (χ2v) is 13.6. The summed E-state index contributed by atoms with van der Waals surface area (Å²) in [5.74, 6) is -1.60. The van der Waals surface area contributed by atoms with Gasteiger partial charge in [0.2, 0.25) is 0 Å². The minimum absolute atomic E-state index is 0.0370. The first-order valence-corrected chi connectivity index (χ1v) is 16.0. The Morgan fingerprint density at radius 3 is 2.17 bits per heavy atom. The van der Waals surface area contributed by atoms with E-state index in [0.717, 1.165) is 10.5 Å². The lowest BCUT2D eigenvalue weighted by atomic mass is 9.94. The lowest BCUT2D eigenvalue weighted by Crippen LogP contribution is -2.60. The van der Waals surface area contributed by atoms with Crippen LogP contribution in [-0.4, -0.2) is 64.0 Å². The summed E-state index contributed by atoms with van der Waals surface area (Å²) in [6.07, 6.45) is 4.27. The average Bonchev–Trinajstić information content (AvgIpc) is 3.25. The maximum Gasteiger partial charge on any atom is 0.407 e. The Hall–Kier alpha value is -5.36. The summed E-state index contributed by atoms with van der Waals surface area (Å²) in [5, 5.41) is 1.12. The molecular formula is C34H30N4O7S. The topological polar surface area (TPSA) is 145 Å². The third kappa shape index (κ3) is 5.63. The van der Waals surface area contributed by atoms with Gasteiger partial charge >= 0.3 is 12.1 Å². The molecule has 0 saturated carbocycles. The fraction of sp³-hybridized carbons (Fsp3) is 0.206. The summed E-state index contributed by atoms with van der Waals surface area (Å²) >= 11 is 0. The normalized spacial score (nSPS) is 22.2. The maximum absolute atomic E-state index is 14.3. The van der Waals surface area contributed by atoms with Gasteiger partial charge in [-0.25, -0.2) is 18.0 Å². The number of benzene rings is 2. The molecule has 0 aliphatic carbocycles. The highest BCUT2D eigenvalue weighted by Gasteiger charge is 2.73. The van der Waals surface area contributed by atoms with Crippen LogP contribution < -0.4 is 5.32 Å². The Labute approximate surface area is 265 Å². The van der Waals surface area contributed by atoms with Crippen molar-refractivity contribution in [2.75, 3.05) is 6.61 Å². The van der Waals surface area contributed by atoms with Crippen molar-refractivity contribution >= 4 is 33.9 Å². The molecule has 234 valence electrons. The first kappa shape index (κ1) is 30.7. The number of fused-ring (bicyclic) bond motifs is 1. The summed E-state index contributed by atoms with van der Waals surface area (Å²) in [4.78, 5) is 49.6. The molecule has 0 unspecified atom stereocenters. The van der Waals surface area contributed by atoms with Crippen molar-refractivity contribution in [3.05, 3.63) is 138 Å². The van der Waals surface area contributed by atoms with Crippen LogP contribution in [0.15, 0.2) is 115 Å². The zero-order valence-corrected chi connectivity index (χ0v) is 25.5. The summed E-state index contributed by atoms with van der Waals surface area (Å²) < 4.78 is 38.0. The molecule has 46 heavy (non-hydrogen) atoms. The second-order valence-electron chi connectivity index (χ2n) is 11.1. The molecule has 4 heterocycles. The summed E-state index contributed by atoms with van der Waals surface area (Å²) in [6, 6.07) is 24.8. The Morgan fingerprint density at radius 2 is 1.57 bits per heavy atom. The molecule has 11 nitrogen and oxygen atoms in total. The number of pyridine rings is 2. The number of alkyl carbamates (subject to hydrolysis) is 1. The fourth-order valence-electron chi connectivity index (χ4n) is 5.70. The predicted octanol–water partition coefficient (Wildman–Crippen LogP) is 3.84. The van der Waals surface area contributed by atoms with Crippen LogP contribution in [0.1, 0.15) is 35.4 Å². The average molecular weight is 639 g/mol. The van der Waals surface area contributed by atoms with Crippen LogP contribution in [0.3, 0.4) is 0 Å². The van der Waals surface area contributed by atoms with Gasteiger partial charge in [-0.1, -0.05) is 66.7 Å². The number of hydrogen-bond acceptors (Lipinski definition) is 9. The van der Waals surface area contributed by atoms with Crippen molar-refractivity contribution in [1.29, 1.82) is 0 Å². The van der Waals surface area contributed by atoms with Gasteiger partial charge in [0, 0.05) is 25.1 Å². The van der Waals surface area contributed by atoms with Gasteiger partial charge in [0.05, 0.1) is 11.3 Å². The number of aromatic nitrogens is 2. The van der Waals surface area contributed by atoms with Gasteiger partial charge in [-0.05, 0) is 54.0 Å². The Bertz CT molecular complexity index is 1830. The van der Waals surface area contributed by atoms with Gasteiger partial charge in [0.15, 0.2) is 27.4 Å². The van der Waals surface area contributed by atoms with E-state index < -0.39 is 56.7 Å². The second kappa shape index (κ2) is 12.6. The summed E-state index contributed by atoms with van der Waals surface area (Å²) in [6.45, 7) is 0.695. The van der Waals surface area contributed by atoms with Gasteiger partial charge < -0.3 is 19.7 Å². The van der Waals surface area contributed by atoms with Crippen molar-refractivity contribution in [3.8, 4) is 0 Å². The monoisotopic (exact) mass is 638 g/mol. The maximum atomic E-state index is 14.3. The lowest BCUT2D eigenvalue weighted by Gasteiger charge is -2.39. The molecule has 2 aromatic heterocycles. The van der Waals surface area contributed by atoms with E-state index in [-0.39, 0.29) is 12.1 Å². The van der Waals surface area contributed by atoms with Crippen LogP contribution in [-0.2, 0) is 35.4 Å². The Kier molecular flexibility index (Phi) is 8.37. The van der Waals surface area contributed by atoms with Crippen LogP contribution in [0.25, 0.3) is 6.08 Å². The third-order valence-electron chi connectivity index (χ3n) is 8.13. The number of amides is 2. The highest BCUT2D eigenvalue weighted by molar-refractivity contribution is 7.94. The lowest BCUT2D eigenvalue weighted by molar-refractivity contribution is -0.161. The van der Waals surface area contributed by atoms with Crippen LogP contribution in [0.2, 0.25) is 0 Å². The number of carbonyl (C=O) groups excluding carboxylic acids is 3. The molecule has 2 fully saturated rings. The number of nitrogens with zero attached hydrogens (tertiary/aromatic N) is 3. The Balaban J connectivity index is 1.33. The molecule has 2 saturated heterocycles. The molecular weight excluding hydrogens is 608 g/mol. The van der Waals surface area contributed by atoms with Gasteiger partial charge in [0.25, 0.3) is 5.91 Å². The molecule has 12 heteroatoms. The highest BCUT2D eigenvalue weighted by Crippen LogP contribution is 2.50. The molecule has 0 bridgehead atoms. The summed E-state index contributed by atoms with van der Waals surface area (Å²) in [5.41, 5.74) is 2.40. The standard InChI is InChI=1S/C34H30N4O7S/c1-34(22-44-33(41)37-21-23-15-18-35-19-16-23)29(32(40)45-28(24-10-4-2-5-11-24)25-12-6-3-7-13-25)38-30(39)27(31(38)46(34,42)43)20-26-14-8-9-17-36-26/h2-20,28-29,31H,21-22H2,1H3,(H,37,41)/b27-20-/t29-,31+,34-/m0/s1. The molecule has 3 atom stereocenters. The molecule has 2 aromatic carbocycles. The van der Waals surface area contributed by atoms with E-state index >= 15 is 0 Å². The smallest absolute Gasteiger partial charge is 0.407 e. The van der Waals surface area contributed by atoms with Crippen LogP contribution >= 0.6 is 0 Å². The van der Waals surface area contributed by atoms with E-state index in [1.54, 1.807) is 91.3 Å². The zero-order chi connectivity index (χ0) is 32.3. The van der Waals surface area contributed by atoms with Gasteiger partial charge in [-0.2, -0.15) is 0 Å². The molecule has 1 N–H and O–H groups in total.